The second kappa shape index (κ2) is 10.6. The van der Waals surface area contributed by atoms with E-state index in [1.807, 2.05) is 54.6 Å². The predicted octanol–water partition coefficient (Wildman–Crippen LogP) is 3.31. The fraction of sp³-hybridized carbons (Fsp3) is 0.190. The van der Waals surface area contributed by atoms with E-state index in [4.69, 9.17) is 21.8 Å². The average Bonchev–Trinajstić information content (AvgIpc) is 2.71. The molecule has 0 bridgehead atoms. The minimum absolute atomic E-state index is 0.00580. The highest BCUT2D eigenvalue weighted by atomic mass is 35.5. The van der Waals surface area contributed by atoms with Gasteiger partial charge in [-0.25, -0.2) is 0 Å². The maximum Gasteiger partial charge on any atom is 0.250 e. The van der Waals surface area contributed by atoms with E-state index < -0.39 is 0 Å². The van der Waals surface area contributed by atoms with E-state index in [1.54, 1.807) is 22.9 Å². The first kappa shape index (κ1) is 19.9. The van der Waals surface area contributed by atoms with Crippen LogP contribution in [0.5, 0.6) is 0 Å². The zero-order valence-electron chi connectivity index (χ0n) is 14.4. The predicted molar refractivity (Wildman–Crippen MR) is 104 cm³/mol. The van der Waals surface area contributed by atoms with E-state index in [1.165, 1.54) is 0 Å². The van der Waals surface area contributed by atoms with Gasteiger partial charge >= 0.3 is 0 Å². The summed E-state index contributed by atoms with van der Waals surface area (Å²) in [6.07, 6.45) is 1.77. The molecule has 5 heteroatoms. The second-order valence-electron chi connectivity index (χ2n) is 5.75. The topological polar surface area (TPSA) is 62.5 Å². The highest BCUT2D eigenvalue weighted by Gasteiger charge is 1.97. The van der Waals surface area contributed by atoms with E-state index in [-0.39, 0.29) is 18.8 Å². The number of pyridine rings is 1. The summed E-state index contributed by atoms with van der Waals surface area (Å²) in [4.78, 5) is 11.5. The molecule has 1 heterocycles. The molecule has 4 nitrogen and oxygen atoms in total. The van der Waals surface area contributed by atoms with Crippen molar-refractivity contribution in [2.75, 3.05) is 0 Å². The van der Waals surface area contributed by atoms with Crippen molar-refractivity contribution in [1.82, 2.24) is 4.57 Å². The van der Waals surface area contributed by atoms with Gasteiger partial charge in [-0.05, 0) is 28.3 Å². The number of hydrogen-bond acceptors (Lipinski definition) is 3. The Morgan fingerprint density at radius 1 is 0.731 bits per heavy atom. The van der Waals surface area contributed by atoms with Gasteiger partial charge in [0.25, 0.3) is 5.56 Å². The number of nitrogens with zero attached hydrogens (tertiary/aromatic N) is 1. The van der Waals surface area contributed by atoms with Gasteiger partial charge < -0.3 is 14.8 Å². The minimum Gasteiger partial charge on any atom is -0.392 e. The van der Waals surface area contributed by atoms with Crippen LogP contribution in [0.4, 0.5) is 0 Å². The van der Waals surface area contributed by atoms with Crippen molar-refractivity contribution in [1.29, 1.82) is 0 Å². The third-order valence-electron chi connectivity index (χ3n) is 3.82. The van der Waals surface area contributed by atoms with Gasteiger partial charge in [0.15, 0.2) is 0 Å². The molecule has 0 radical (unpaired) electrons. The monoisotopic (exact) mass is 371 g/mol. The summed E-state index contributed by atoms with van der Waals surface area (Å²) >= 11 is 5.56. The van der Waals surface area contributed by atoms with Crippen molar-refractivity contribution in [2.45, 2.75) is 25.6 Å². The lowest BCUT2D eigenvalue weighted by molar-refractivity contribution is 0.281. The molecule has 3 rings (SSSR count). The number of benzene rings is 2. The number of hydrogen-bond donors (Lipinski definition) is 2. The molecular weight excluding hydrogens is 350 g/mol. The van der Waals surface area contributed by atoms with Crippen LogP contribution in [-0.4, -0.2) is 14.8 Å². The van der Waals surface area contributed by atoms with Crippen LogP contribution in [0.25, 0.3) is 0 Å². The third kappa shape index (κ3) is 6.15. The largest absolute Gasteiger partial charge is 0.392 e. The molecule has 0 aliphatic carbocycles. The van der Waals surface area contributed by atoms with Crippen LogP contribution in [0.1, 0.15) is 22.3 Å². The van der Waals surface area contributed by atoms with Gasteiger partial charge in [-0.15, -0.1) is 11.6 Å². The number of aliphatic hydroxyl groups excluding tert-OH is 2. The van der Waals surface area contributed by atoms with E-state index in [0.29, 0.717) is 12.4 Å². The number of halogens is 1. The van der Waals surface area contributed by atoms with Crippen molar-refractivity contribution in [3.8, 4) is 0 Å². The molecule has 2 N–H and O–H groups in total. The Balaban J connectivity index is 0.000000209. The zero-order chi connectivity index (χ0) is 18.8. The van der Waals surface area contributed by atoms with Gasteiger partial charge in [0.1, 0.15) is 0 Å². The molecule has 0 aliphatic heterocycles. The number of rotatable bonds is 5. The first-order chi connectivity index (χ1) is 12.7. The zero-order valence-corrected chi connectivity index (χ0v) is 15.1. The fourth-order valence-corrected chi connectivity index (χ4v) is 2.45. The third-order valence-corrected chi connectivity index (χ3v) is 4.13. The van der Waals surface area contributed by atoms with Gasteiger partial charge in [0.05, 0.1) is 19.8 Å². The van der Waals surface area contributed by atoms with E-state index in [9.17, 15) is 4.79 Å². The molecule has 3 aromatic rings. The number of alkyl halides is 1. The fourth-order valence-electron chi connectivity index (χ4n) is 2.27. The first-order valence-corrected chi connectivity index (χ1v) is 8.78. The van der Waals surface area contributed by atoms with Crippen molar-refractivity contribution in [3.05, 3.63) is 106 Å². The maximum atomic E-state index is 11.5. The molecule has 0 amide bonds. The summed E-state index contributed by atoms with van der Waals surface area (Å²) in [7, 11) is 0. The quantitative estimate of drug-likeness (QED) is 0.676. The molecular formula is C21H22ClNO3. The molecule has 26 heavy (non-hydrogen) atoms. The molecule has 1 aromatic heterocycles. The van der Waals surface area contributed by atoms with Crippen molar-refractivity contribution < 1.29 is 10.2 Å². The lowest BCUT2D eigenvalue weighted by atomic mass is 10.1. The van der Waals surface area contributed by atoms with Gasteiger partial charge in [0, 0.05) is 18.1 Å². The smallest absolute Gasteiger partial charge is 0.250 e. The second-order valence-corrected chi connectivity index (χ2v) is 6.02. The Labute approximate surface area is 157 Å². The summed E-state index contributed by atoms with van der Waals surface area (Å²) in [6.45, 7) is 0.708. The van der Waals surface area contributed by atoms with Gasteiger partial charge in [-0.2, -0.15) is 0 Å². The Bertz CT molecular complexity index is 819. The first-order valence-electron chi connectivity index (χ1n) is 8.25. The molecule has 136 valence electrons. The number of aromatic nitrogens is 1. The Hall–Kier alpha value is -2.40. The van der Waals surface area contributed by atoms with Crippen LogP contribution in [-0.2, 0) is 25.6 Å². The average molecular weight is 372 g/mol. The van der Waals surface area contributed by atoms with Crippen LogP contribution < -0.4 is 5.56 Å². The normalized spacial score (nSPS) is 10.1. The lowest BCUT2D eigenvalue weighted by Crippen LogP contribution is -2.18. The van der Waals surface area contributed by atoms with Crippen LogP contribution in [0.15, 0.2) is 77.7 Å². The van der Waals surface area contributed by atoms with Crippen molar-refractivity contribution >= 4 is 11.6 Å². The van der Waals surface area contributed by atoms with Crippen LogP contribution in [0.3, 0.4) is 0 Å². The molecule has 0 aliphatic rings. The van der Waals surface area contributed by atoms with Crippen molar-refractivity contribution in [3.63, 3.8) is 0 Å². The van der Waals surface area contributed by atoms with E-state index in [2.05, 4.69) is 0 Å². The van der Waals surface area contributed by atoms with Crippen molar-refractivity contribution in [2.24, 2.45) is 0 Å². The van der Waals surface area contributed by atoms with Gasteiger partial charge in [-0.3, -0.25) is 4.79 Å². The Morgan fingerprint density at radius 2 is 1.23 bits per heavy atom. The minimum atomic E-state index is -0.00580. The lowest BCUT2D eigenvalue weighted by Gasteiger charge is -2.05. The van der Waals surface area contributed by atoms with Gasteiger partial charge in [-0.1, -0.05) is 54.6 Å². The van der Waals surface area contributed by atoms with Crippen LogP contribution in [0, 0.1) is 0 Å². The molecule has 2 aromatic carbocycles. The molecule has 0 saturated carbocycles. The molecule has 0 spiro atoms. The molecule has 0 fully saturated rings. The van der Waals surface area contributed by atoms with E-state index in [0.717, 1.165) is 22.3 Å². The van der Waals surface area contributed by atoms with Gasteiger partial charge in [0.2, 0.25) is 0 Å². The van der Waals surface area contributed by atoms with Crippen LogP contribution >= 0.6 is 11.6 Å². The summed E-state index contributed by atoms with van der Waals surface area (Å²) < 4.78 is 1.65. The molecule has 0 atom stereocenters. The SMILES string of the molecule is O=c1ccccn1Cc1ccc(CO)cc1.OCc1ccc(CCl)cc1. The summed E-state index contributed by atoms with van der Waals surface area (Å²) in [6, 6.07) is 20.3. The summed E-state index contributed by atoms with van der Waals surface area (Å²) in [5.41, 5.74) is 3.93. The highest BCUT2D eigenvalue weighted by Crippen LogP contribution is 2.06. The summed E-state index contributed by atoms with van der Waals surface area (Å²) in [5, 5.41) is 17.6. The Morgan fingerprint density at radius 3 is 1.69 bits per heavy atom. The number of aliphatic hydroxyl groups is 2. The Kier molecular flexibility index (Phi) is 8.09. The highest BCUT2D eigenvalue weighted by molar-refractivity contribution is 6.17. The molecule has 0 unspecified atom stereocenters. The standard InChI is InChI=1S/C13H13NO2.C8H9ClO/c15-10-12-6-4-11(5-7-12)9-14-8-2-1-3-13(14)16;9-5-7-1-3-8(6-10)4-2-7/h1-8,15H,9-10H2;1-4,10H,5-6H2. The summed E-state index contributed by atoms with van der Waals surface area (Å²) in [5.74, 6) is 0.533. The molecule has 0 saturated heterocycles. The van der Waals surface area contributed by atoms with E-state index >= 15 is 0 Å². The maximum absolute atomic E-state index is 11.5. The van der Waals surface area contributed by atoms with Crippen LogP contribution in [0.2, 0.25) is 0 Å².